The second kappa shape index (κ2) is 9.13. The normalized spacial score (nSPS) is 10.0. The zero-order valence-electron chi connectivity index (χ0n) is 15.5. The number of para-hydroxylation sites is 2. The summed E-state index contributed by atoms with van der Waals surface area (Å²) in [6, 6.07) is 16.0. The average Bonchev–Trinajstić information content (AvgIpc) is 2.75. The maximum Gasteiger partial charge on any atom is 0.432 e. The van der Waals surface area contributed by atoms with Gasteiger partial charge in [0.25, 0.3) is 5.95 Å². The Balaban J connectivity index is 1.96. The van der Waals surface area contributed by atoms with Gasteiger partial charge in [-0.1, -0.05) is 36.4 Å². The van der Waals surface area contributed by atoms with Crippen LogP contribution in [0.1, 0.15) is 0 Å². The first kappa shape index (κ1) is 19.5. The van der Waals surface area contributed by atoms with Gasteiger partial charge in [-0.3, -0.25) is 0 Å². The molecule has 0 unspecified atom stereocenters. The Kier molecular flexibility index (Phi) is 6.15. The molecule has 0 N–H and O–H groups in total. The van der Waals surface area contributed by atoms with Crippen molar-refractivity contribution < 1.29 is 28.5 Å². The van der Waals surface area contributed by atoms with Crippen molar-refractivity contribution >= 4 is 18.1 Å². The van der Waals surface area contributed by atoms with Gasteiger partial charge >= 0.3 is 24.2 Å². The molecular formula is C19H16N4O6. The number of anilines is 1. The highest BCUT2D eigenvalue weighted by Gasteiger charge is 2.32. The molecule has 0 spiro atoms. The molecule has 0 aliphatic heterocycles. The first-order valence-electron chi connectivity index (χ1n) is 8.28. The van der Waals surface area contributed by atoms with Gasteiger partial charge in [0.1, 0.15) is 11.5 Å². The first-order chi connectivity index (χ1) is 14.1. The lowest BCUT2D eigenvalue weighted by Gasteiger charge is -2.18. The number of aromatic nitrogens is 3. The summed E-state index contributed by atoms with van der Waals surface area (Å²) in [6.07, 6.45) is -2.18. The molecule has 0 atom stereocenters. The molecule has 0 bridgehead atoms. The third-order valence-corrected chi connectivity index (χ3v) is 3.41. The summed E-state index contributed by atoms with van der Waals surface area (Å²) in [7, 11) is 2.63. The van der Waals surface area contributed by atoms with E-state index in [0.29, 0.717) is 4.90 Å². The largest absolute Gasteiger partial charge is 0.467 e. The predicted molar refractivity (Wildman–Crippen MR) is 100 cm³/mol. The van der Waals surface area contributed by atoms with E-state index >= 15 is 0 Å². The number of benzene rings is 2. The van der Waals surface area contributed by atoms with Crippen LogP contribution in [-0.2, 0) is 0 Å². The Bertz CT molecular complexity index is 909. The fourth-order valence-corrected chi connectivity index (χ4v) is 2.12. The van der Waals surface area contributed by atoms with Crippen LogP contribution in [0.5, 0.6) is 23.5 Å². The van der Waals surface area contributed by atoms with Crippen molar-refractivity contribution in [1.29, 1.82) is 0 Å². The van der Waals surface area contributed by atoms with Gasteiger partial charge in [0.05, 0.1) is 14.2 Å². The molecule has 10 heteroatoms. The van der Waals surface area contributed by atoms with E-state index in [9.17, 15) is 9.59 Å². The highest BCUT2D eigenvalue weighted by molar-refractivity contribution is 6.09. The fraction of sp³-hybridized carbons (Fsp3) is 0.105. The third kappa shape index (κ3) is 4.95. The summed E-state index contributed by atoms with van der Waals surface area (Å²) in [5, 5.41) is 0. The molecule has 1 aromatic heterocycles. The maximum atomic E-state index is 12.8. The van der Waals surface area contributed by atoms with Crippen molar-refractivity contribution in [3.05, 3.63) is 60.7 Å². The lowest BCUT2D eigenvalue weighted by atomic mass is 10.3. The molecule has 2 amide bonds. The van der Waals surface area contributed by atoms with Crippen molar-refractivity contribution in [2.24, 2.45) is 0 Å². The molecular weight excluding hydrogens is 380 g/mol. The van der Waals surface area contributed by atoms with Crippen LogP contribution in [0, 0.1) is 0 Å². The first-order valence-corrected chi connectivity index (χ1v) is 8.28. The van der Waals surface area contributed by atoms with Gasteiger partial charge in [0, 0.05) is 0 Å². The van der Waals surface area contributed by atoms with Crippen molar-refractivity contribution in [2.75, 3.05) is 19.1 Å². The van der Waals surface area contributed by atoms with Crippen LogP contribution in [0.2, 0.25) is 0 Å². The molecule has 0 aliphatic carbocycles. The Hall–Kier alpha value is -4.21. The Labute approximate surface area is 165 Å². The van der Waals surface area contributed by atoms with Crippen LogP contribution < -0.4 is 23.8 Å². The van der Waals surface area contributed by atoms with Crippen molar-refractivity contribution in [3.63, 3.8) is 0 Å². The van der Waals surface area contributed by atoms with Crippen molar-refractivity contribution in [3.8, 4) is 23.5 Å². The fourth-order valence-electron chi connectivity index (χ4n) is 2.12. The van der Waals surface area contributed by atoms with E-state index in [4.69, 9.17) is 18.9 Å². The zero-order valence-corrected chi connectivity index (χ0v) is 15.5. The molecule has 148 valence electrons. The molecule has 2 aromatic carbocycles. The van der Waals surface area contributed by atoms with E-state index in [1.165, 1.54) is 14.2 Å². The molecule has 29 heavy (non-hydrogen) atoms. The summed E-state index contributed by atoms with van der Waals surface area (Å²) in [5.41, 5.74) is 0. The van der Waals surface area contributed by atoms with Gasteiger partial charge in [-0.2, -0.15) is 9.97 Å². The number of hydrogen-bond donors (Lipinski definition) is 0. The third-order valence-electron chi connectivity index (χ3n) is 3.41. The minimum atomic E-state index is -1.09. The summed E-state index contributed by atoms with van der Waals surface area (Å²) >= 11 is 0. The van der Waals surface area contributed by atoms with Crippen molar-refractivity contribution in [1.82, 2.24) is 15.0 Å². The van der Waals surface area contributed by atoms with E-state index < -0.39 is 18.1 Å². The number of rotatable bonds is 5. The van der Waals surface area contributed by atoms with E-state index in [1.54, 1.807) is 60.7 Å². The minimum Gasteiger partial charge on any atom is -0.467 e. The van der Waals surface area contributed by atoms with Crippen LogP contribution >= 0.6 is 0 Å². The Morgan fingerprint density at radius 1 is 0.690 bits per heavy atom. The number of carbonyl (C=O) groups excluding carboxylic acids is 2. The minimum absolute atomic E-state index is 0.170. The number of carbonyl (C=O) groups is 2. The van der Waals surface area contributed by atoms with Crippen LogP contribution in [0.3, 0.4) is 0 Å². The van der Waals surface area contributed by atoms with Crippen LogP contribution in [0.15, 0.2) is 60.7 Å². The van der Waals surface area contributed by atoms with E-state index in [-0.39, 0.29) is 23.5 Å². The van der Waals surface area contributed by atoms with Crippen LogP contribution in [0.4, 0.5) is 15.5 Å². The highest BCUT2D eigenvalue weighted by atomic mass is 16.6. The number of amides is 2. The Morgan fingerprint density at radius 2 is 1.10 bits per heavy atom. The lowest BCUT2D eigenvalue weighted by Crippen LogP contribution is -2.42. The number of nitrogens with zero attached hydrogens (tertiary/aromatic N) is 4. The summed E-state index contributed by atoms with van der Waals surface area (Å²) in [5.74, 6) is 0.0292. The molecule has 0 radical (unpaired) electrons. The quantitative estimate of drug-likeness (QED) is 0.642. The number of hydrogen-bond acceptors (Lipinski definition) is 9. The Morgan fingerprint density at radius 3 is 1.48 bits per heavy atom. The van der Waals surface area contributed by atoms with E-state index in [1.807, 2.05) is 0 Å². The van der Waals surface area contributed by atoms with Gasteiger partial charge in [-0.15, -0.1) is 9.88 Å². The second-order valence-electron chi connectivity index (χ2n) is 5.31. The van der Waals surface area contributed by atoms with Gasteiger partial charge in [0.2, 0.25) is 0 Å². The highest BCUT2D eigenvalue weighted by Crippen LogP contribution is 2.20. The van der Waals surface area contributed by atoms with Gasteiger partial charge in [-0.25, -0.2) is 9.59 Å². The predicted octanol–water partition coefficient (Wildman–Crippen LogP) is 3.09. The second-order valence-corrected chi connectivity index (χ2v) is 5.31. The van der Waals surface area contributed by atoms with E-state index in [0.717, 1.165) is 0 Å². The number of ether oxygens (including phenoxy) is 4. The SMILES string of the molecule is COc1nc(OC)nc(N(C(=O)Oc2ccccc2)C(=O)Oc2ccccc2)n1. The van der Waals surface area contributed by atoms with E-state index in [2.05, 4.69) is 15.0 Å². The monoisotopic (exact) mass is 396 g/mol. The van der Waals surface area contributed by atoms with Gasteiger partial charge in [-0.05, 0) is 24.3 Å². The molecule has 3 rings (SSSR count). The topological polar surface area (TPSA) is 113 Å². The molecule has 0 fully saturated rings. The molecule has 0 aliphatic rings. The smallest absolute Gasteiger partial charge is 0.432 e. The molecule has 3 aromatic rings. The lowest BCUT2D eigenvalue weighted by molar-refractivity contribution is 0.190. The molecule has 1 heterocycles. The van der Waals surface area contributed by atoms with Gasteiger partial charge < -0.3 is 18.9 Å². The summed E-state index contributed by atoms with van der Waals surface area (Å²) in [6.45, 7) is 0. The molecule has 0 saturated heterocycles. The number of methoxy groups -OCH3 is 2. The summed E-state index contributed by atoms with van der Waals surface area (Å²) < 4.78 is 20.4. The zero-order chi connectivity index (χ0) is 20.6. The number of imide groups is 1. The average molecular weight is 396 g/mol. The molecule has 10 nitrogen and oxygen atoms in total. The standard InChI is InChI=1S/C19H16N4O6/c1-26-16-20-15(21-17(22-16)27-2)23(18(24)28-13-9-5-3-6-10-13)19(25)29-14-11-7-4-8-12-14/h3-12H,1-2H3. The van der Waals surface area contributed by atoms with Crippen molar-refractivity contribution in [2.45, 2.75) is 0 Å². The van der Waals surface area contributed by atoms with Crippen LogP contribution in [0.25, 0.3) is 0 Å². The maximum absolute atomic E-state index is 12.8. The van der Waals surface area contributed by atoms with Gasteiger partial charge in [0.15, 0.2) is 0 Å². The molecule has 0 saturated carbocycles. The summed E-state index contributed by atoms with van der Waals surface area (Å²) in [4.78, 5) is 37.7. The van der Waals surface area contributed by atoms with Crippen LogP contribution in [-0.4, -0.2) is 41.4 Å².